The van der Waals surface area contributed by atoms with Crippen molar-refractivity contribution in [1.82, 2.24) is 9.99 Å². The van der Waals surface area contributed by atoms with Gasteiger partial charge in [0.15, 0.2) is 0 Å². The maximum absolute atomic E-state index is 12.6. The van der Waals surface area contributed by atoms with Crippen molar-refractivity contribution in [1.29, 1.82) is 0 Å². The molecule has 1 unspecified atom stereocenters. The normalized spacial score (nSPS) is 20.3. The van der Waals surface area contributed by atoms with Crippen LogP contribution in [0.2, 0.25) is 0 Å². The lowest BCUT2D eigenvalue weighted by molar-refractivity contribution is -0.128. The first-order valence-corrected chi connectivity index (χ1v) is 7.10. The fraction of sp³-hybridized carbons (Fsp3) is 0.667. The van der Waals surface area contributed by atoms with Gasteiger partial charge in [-0.15, -0.1) is 0 Å². The van der Waals surface area contributed by atoms with Crippen LogP contribution in [0.3, 0.4) is 0 Å². The highest BCUT2D eigenvalue weighted by atomic mass is 16.2. The van der Waals surface area contributed by atoms with Crippen LogP contribution in [-0.4, -0.2) is 23.7 Å². The number of carbonyl (C=O) groups excluding carboxylic acids is 1. The Morgan fingerprint density at radius 1 is 1.37 bits per heavy atom. The van der Waals surface area contributed by atoms with Crippen LogP contribution in [0.25, 0.3) is 0 Å². The van der Waals surface area contributed by atoms with Gasteiger partial charge in [0.25, 0.3) is 0 Å². The first-order valence-electron chi connectivity index (χ1n) is 7.10. The molecule has 2 N–H and O–H groups in total. The van der Waals surface area contributed by atoms with E-state index in [2.05, 4.69) is 10.7 Å². The maximum Gasteiger partial charge on any atom is 0.244 e. The molecule has 1 atom stereocenters. The van der Waals surface area contributed by atoms with Crippen LogP contribution in [0, 0.1) is 25.2 Å². The first-order chi connectivity index (χ1) is 8.93. The van der Waals surface area contributed by atoms with E-state index in [1.807, 2.05) is 44.5 Å². The van der Waals surface area contributed by atoms with Crippen molar-refractivity contribution >= 4 is 5.91 Å². The Balaban J connectivity index is 2.10. The summed E-state index contributed by atoms with van der Waals surface area (Å²) in [4.78, 5) is 12.6. The number of carbonyl (C=O) groups is 1. The number of piperidine rings is 1. The Hall–Kier alpha value is -1.29. The third-order valence-electron chi connectivity index (χ3n) is 4.39. The van der Waals surface area contributed by atoms with Gasteiger partial charge < -0.3 is 5.32 Å². The summed E-state index contributed by atoms with van der Waals surface area (Å²) in [6, 6.07) is 4.04. The molecule has 0 aliphatic carbocycles. The Bertz CT molecular complexity index is 436. The van der Waals surface area contributed by atoms with Gasteiger partial charge in [0.2, 0.25) is 5.91 Å². The van der Waals surface area contributed by atoms with E-state index in [0.717, 1.165) is 37.3 Å². The Labute approximate surface area is 115 Å². The van der Waals surface area contributed by atoms with Crippen LogP contribution in [0.4, 0.5) is 0 Å². The lowest BCUT2D eigenvalue weighted by atomic mass is 9.74. The summed E-state index contributed by atoms with van der Waals surface area (Å²) >= 11 is 0. The highest BCUT2D eigenvalue weighted by Gasteiger charge is 2.37. The fourth-order valence-electron chi connectivity index (χ4n) is 2.74. The molecule has 0 saturated carbocycles. The molecule has 2 rings (SSSR count). The number of aryl methyl sites for hydroxylation is 2. The Morgan fingerprint density at radius 2 is 2.00 bits per heavy atom. The molecule has 1 aromatic heterocycles. The summed E-state index contributed by atoms with van der Waals surface area (Å²) in [7, 11) is 0. The van der Waals surface area contributed by atoms with Gasteiger partial charge in [-0.3, -0.25) is 14.9 Å². The predicted molar refractivity (Wildman–Crippen MR) is 77.6 cm³/mol. The number of hydrogen-bond donors (Lipinski definition) is 2. The molecule has 4 nitrogen and oxygen atoms in total. The van der Waals surface area contributed by atoms with E-state index in [-0.39, 0.29) is 11.3 Å². The molecule has 1 amide bonds. The smallest absolute Gasteiger partial charge is 0.244 e. The SMILES string of the molecule is Cc1ccc(C)n1NC(=O)C(C)(C)C1CCCNC1. The molecule has 1 aliphatic heterocycles. The average Bonchev–Trinajstić information content (AvgIpc) is 2.71. The van der Waals surface area contributed by atoms with Gasteiger partial charge in [-0.1, -0.05) is 13.8 Å². The predicted octanol–water partition coefficient (Wildman–Crippen LogP) is 2.20. The number of nitrogens with zero attached hydrogens (tertiary/aromatic N) is 1. The number of amides is 1. The summed E-state index contributed by atoms with van der Waals surface area (Å²) in [5.41, 5.74) is 4.81. The van der Waals surface area contributed by atoms with Gasteiger partial charge >= 0.3 is 0 Å². The molecule has 106 valence electrons. The summed E-state index contributed by atoms with van der Waals surface area (Å²) < 4.78 is 1.88. The van der Waals surface area contributed by atoms with Gasteiger partial charge in [0.1, 0.15) is 0 Å². The van der Waals surface area contributed by atoms with Crippen molar-refractivity contribution in [3.63, 3.8) is 0 Å². The number of nitrogens with one attached hydrogen (secondary N) is 2. The number of aromatic nitrogens is 1. The van der Waals surface area contributed by atoms with Gasteiger partial charge in [-0.25, -0.2) is 0 Å². The summed E-state index contributed by atoms with van der Waals surface area (Å²) in [5.74, 6) is 0.501. The first kappa shape index (κ1) is 14.1. The van der Waals surface area contributed by atoms with Crippen molar-refractivity contribution in [3.05, 3.63) is 23.5 Å². The minimum Gasteiger partial charge on any atom is -0.316 e. The minimum atomic E-state index is -0.351. The second-order valence-electron chi connectivity index (χ2n) is 6.16. The standard InChI is InChI=1S/C15H25N3O/c1-11-7-8-12(2)18(11)17-14(19)15(3,4)13-6-5-9-16-10-13/h7-8,13,16H,5-6,9-10H2,1-4H3,(H,17,19). The number of hydrogen-bond acceptors (Lipinski definition) is 2. The highest BCUT2D eigenvalue weighted by molar-refractivity contribution is 5.89. The molecule has 19 heavy (non-hydrogen) atoms. The molecular formula is C15H25N3O. The Kier molecular flexibility index (Phi) is 3.99. The Morgan fingerprint density at radius 3 is 2.53 bits per heavy atom. The molecule has 0 bridgehead atoms. The van der Waals surface area contributed by atoms with Gasteiger partial charge in [-0.05, 0) is 57.8 Å². The van der Waals surface area contributed by atoms with Crippen molar-refractivity contribution in [2.45, 2.75) is 40.5 Å². The monoisotopic (exact) mass is 263 g/mol. The largest absolute Gasteiger partial charge is 0.316 e. The van der Waals surface area contributed by atoms with Crippen LogP contribution in [-0.2, 0) is 4.79 Å². The van der Waals surface area contributed by atoms with E-state index in [1.54, 1.807) is 0 Å². The highest BCUT2D eigenvalue weighted by Crippen LogP contribution is 2.32. The second-order valence-corrected chi connectivity index (χ2v) is 6.16. The van der Waals surface area contributed by atoms with E-state index >= 15 is 0 Å². The quantitative estimate of drug-likeness (QED) is 0.878. The van der Waals surface area contributed by atoms with Crippen LogP contribution in [0.15, 0.2) is 12.1 Å². The zero-order valence-electron chi connectivity index (χ0n) is 12.4. The molecule has 0 radical (unpaired) electrons. The third kappa shape index (κ3) is 2.84. The van der Waals surface area contributed by atoms with E-state index in [1.165, 1.54) is 0 Å². The summed E-state index contributed by atoms with van der Waals surface area (Å²) in [6.07, 6.45) is 2.28. The van der Waals surface area contributed by atoms with Crippen molar-refractivity contribution in [2.24, 2.45) is 11.3 Å². The minimum absolute atomic E-state index is 0.101. The van der Waals surface area contributed by atoms with Gasteiger partial charge in [-0.2, -0.15) is 0 Å². The molecule has 1 saturated heterocycles. The van der Waals surface area contributed by atoms with Crippen LogP contribution < -0.4 is 10.7 Å². The van der Waals surface area contributed by atoms with E-state index < -0.39 is 0 Å². The fourth-order valence-corrected chi connectivity index (χ4v) is 2.74. The molecule has 1 aliphatic rings. The summed E-state index contributed by atoms with van der Waals surface area (Å²) in [5, 5.41) is 3.39. The second kappa shape index (κ2) is 5.37. The molecule has 2 heterocycles. The molecule has 0 aromatic carbocycles. The van der Waals surface area contributed by atoms with Crippen molar-refractivity contribution in [3.8, 4) is 0 Å². The zero-order valence-corrected chi connectivity index (χ0v) is 12.4. The average molecular weight is 263 g/mol. The zero-order chi connectivity index (χ0) is 14.0. The number of rotatable bonds is 3. The molecule has 0 spiro atoms. The molecule has 1 fully saturated rings. The molecular weight excluding hydrogens is 238 g/mol. The lowest BCUT2D eigenvalue weighted by Crippen LogP contribution is -2.46. The van der Waals surface area contributed by atoms with Crippen LogP contribution >= 0.6 is 0 Å². The third-order valence-corrected chi connectivity index (χ3v) is 4.39. The van der Waals surface area contributed by atoms with Crippen molar-refractivity contribution < 1.29 is 4.79 Å². The van der Waals surface area contributed by atoms with Crippen LogP contribution in [0.5, 0.6) is 0 Å². The van der Waals surface area contributed by atoms with Gasteiger partial charge in [0, 0.05) is 16.8 Å². The van der Waals surface area contributed by atoms with E-state index in [0.29, 0.717) is 5.92 Å². The van der Waals surface area contributed by atoms with Crippen LogP contribution in [0.1, 0.15) is 38.1 Å². The topological polar surface area (TPSA) is 46.1 Å². The summed E-state index contributed by atoms with van der Waals surface area (Å²) in [6.45, 7) is 10.1. The van der Waals surface area contributed by atoms with E-state index in [4.69, 9.17) is 0 Å². The lowest BCUT2D eigenvalue weighted by Gasteiger charge is -2.36. The molecule has 4 heteroatoms. The van der Waals surface area contributed by atoms with E-state index in [9.17, 15) is 4.79 Å². The maximum atomic E-state index is 12.6. The molecule has 1 aromatic rings. The van der Waals surface area contributed by atoms with Crippen molar-refractivity contribution in [2.75, 3.05) is 18.5 Å². The van der Waals surface area contributed by atoms with Gasteiger partial charge in [0.05, 0.1) is 0 Å².